The van der Waals surface area contributed by atoms with Crippen molar-refractivity contribution in [2.24, 2.45) is 0 Å². The Morgan fingerprint density at radius 2 is 2.29 bits per heavy atom. The van der Waals surface area contributed by atoms with Crippen LogP contribution >= 0.6 is 15.9 Å². The monoisotopic (exact) mass is 255 g/mol. The van der Waals surface area contributed by atoms with E-state index in [2.05, 4.69) is 21.2 Å². The first-order valence-corrected chi connectivity index (χ1v) is 5.16. The van der Waals surface area contributed by atoms with Crippen molar-refractivity contribution in [3.8, 4) is 5.75 Å². The lowest BCUT2D eigenvalue weighted by Crippen LogP contribution is -2.31. The van der Waals surface area contributed by atoms with Gasteiger partial charge in [0.15, 0.2) is 0 Å². The molecule has 0 saturated heterocycles. The maximum atomic E-state index is 11.5. The van der Waals surface area contributed by atoms with E-state index >= 15 is 0 Å². The molecule has 1 aliphatic rings. The molecule has 0 unspecified atom stereocenters. The number of hydrogen-bond acceptors (Lipinski definition) is 2. The van der Waals surface area contributed by atoms with Gasteiger partial charge < -0.3 is 10.1 Å². The molecule has 0 aromatic heterocycles. The lowest BCUT2D eigenvalue weighted by atomic mass is 10.0. The average Bonchev–Trinajstić information content (AvgIpc) is 2.17. The van der Waals surface area contributed by atoms with Crippen LogP contribution in [0.2, 0.25) is 0 Å². The minimum absolute atomic E-state index is 0.0166. The summed E-state index contributed by atoms with van der Waals surface area (Å²) in [6.07, 6.45) is 0.879. The van der Waals surface area contributed by atoms with Crippen LogP contribution in [-0.4, -0.2) is 19.6 Å². The number of amides is 1. The van der Waals surface area contributed by atoms with Crippen LogP contribution in [0.1, 0.15) is 15.9 Å². The molecule has 4 heteroatoms. The fraction of sp³-hybridized carbons (Fsp3) is 0.300. The number of nitrogens with one attached hydrogen (secondary N) is 1. The summed E-state index contributed by atoms with van der Waals surface area (Å²) in [5.74, 6) is 0.679. The Balaban J connectivity index is 2.54. The van der Waals surface area contributed by atoms with Crippen LogP contribution in [0, 0.1) is 0 Å². The Bertz CT molecular complexity index is 390. The summed E-state index contributed by atoms with van der Waals surface area (Å²) in [6.45, 7) is 0.713. The third-order valence-corrected chi connectivity index (χ3v) is 2.92. The lowest BCUT2D eigenvalue weighted by Gasteiger charge is -2.17. The van der Waals surface area contributed by atoms with Crippen LogP contribution in [0.15, 0.2) is 16.6 Å². The predicted molar refractivity (Wildman–Crippen MR) is 56.7 cm³/mol. The molecule has 1 aromatic rings. The van der Waals surface area contributed by atoms with Gasteiger partial charge in [0.05, 0.1) is 11.6 Å². The third kappa shape index (κ3) is 1.50. The van der Waals surface area contributed by atoms with Gasteiger partial charge in [-0.05, 0) is 40.0 Å². The standard InChI is InChI=1S/C10H10BrNO2/c1-14-9-5-7-6(4-8(9)11)2-3-12-10(7)13/h4-5H,2-3H2,1H3,(H,12,13). The van der Waals surface area contributed by atoms with Gasteiger partial charge in [0.1, 0.15) is 5.75 Å². The predicted octanol–water partition coefficient (Wildman–Crippen LogP) is 1.74. The molecule has 0 atom stereocenters. The summed E-state index contributed by atoms with van der Waals surface area (Å²) in [4.78, 5) is 11.5. The molecule has 0 bridgehead atoms. The van der Waals surface area contributed by atoms with Gasteiger partial charge in [-0.2, -0.15) is 0 Å². The molecule has 1 aliphatic heterocycles. The van der Waals surface area contributed by atoms with E-state index in [0.29, 0.717) is 12.3 Å². The van der Waals surface area contributed by atoms with Gasteiger partial charge in [0, 0.05) is 12.1 Å². The van der Waals surface area contributed by atoms with Crippen LogP contribution in [0.5, 0.6) is 5.75 Å². The van der Waals surface area contributed by atoms with Crippen molar-refractivity contribution < 1.29 is 9.53 Å². The Morgan fingerprint density at radius 3 is 3.00 bits per heavy atom. The molecule has 1 heterocycles. The minimum atomic E-state index is -0.0166. The zero-order valence-corrected chi connectivity index (χ0v) is 9.35. The summed E-state index contributed by atoms with van der Waals surface area (Å²) in [6, 6.07) is 3.72. The van der Waals surface area contributed by atoms with Crippen molar-refractivity contribution in [2.75, 3.05) is 13.7 Å². The van der Waals surface area contributed by atoms with Gasteiger partial charge in [-0.15, -0.1) is 0 Å². The molecule has 74 valence electrons. The van der Waals surface area contributed by atoms with E-state index in [4.69, 9.17) is 4.74 Å². The second-order valence-electron chi connectivity index (χ2n) is 3.15. The van der Waals surface area contributed by atoms with Crippen LogP contribution in [-0.2, 0) is 6.42 Å². The summed E-state index contributed by atoms with van der Waals surface area (Å²) in [5, 5.41) is 2.80. The highest BCUT2D eigenvalue weighted by Crippen LogP contribution is 2.29. The van der Waals surface area contributed by atoms with E-state index in [-0.39, 0.29) is 5.91 Å². The average molecular weight is 256 g/mol. The Labute approximate surface area is 90.6 Å². The molecule has 1 N–H and O–H groups in total. The zero-order valence-electron chi connectivity index (χ0n) is 7.76. The Hall–Kier alpha value is -1.03. The Morgan fingerprint density at radius 1 is 1.50 bits per heavy atom. The van der Waals surface area contributed by atoms with Crippen LogP contribution in [0.25, 0.3) is 0 Å². The highest BCUT2D eigenvalue weighted by molar-refractivity contribution is 9.10. The summed E-state index contributed by atoms with van der Waals surface area (Å²) in [5.41, 5.74) is 1.79. The van der Waals surface area contributed by atoms with Gasteiger partial charge in [-0.1, -0.05) is 0 Å². The molecule has 0 fully saturated rings. The number of fused-ring (bicyclic) bond motifs is 1. The van der Waals surface area contributed by atoms with E-state index in [1.807, 2.05) is 6.07 Å². The number of rotatable bonds is 1. The fourth-order valence-electron chi connectivity index (χ4n) is 1.58. The molecule has 0 spiro atoms. The van der Waals surface area contributed by atoms with Crippen molar-refractivity contribution in [1.29, 1.82) is 0 Å². The number of benzene rings is 1. The van der Waals surface area contributed by atoms with E-state index in [0.717, 1.165) is 22.0 Å². The molecule has 1 amide bonds. The normalized spacial score (nSPS) is 14.6. The zero-order chi connectivity index (χ0) is 10.1. The maximum absolute atomic E-state index is 11.5. The second-order valence-corrected chi connectivity index (χ2v) is 4.00. The number of ether oxygens (including phenoxy) is 1. The number of halogens is 1. The second kappa shape index (κ2) is 3.61. The van der Waals surface area contributed by atoms with E-state index in [1.165, 1.54) is 0 Å². The largest absolute Gasteiger partial charge is 0.496 e. The lowest BCUT2D eigenvalue weighted by molar-refractivity contribution is 0.0945. The molecule has 0 saturated carbocycles. The summed E-state index contributed by atoms with van der Waals surface area (Å²) >= 11 is 3.40. The number of methoxy groups -OCH3 is 1. The third-order valence-electron chi connectivity index (χ3n) is 2.30. The number of carbonyl (C=O) groups excluding carboxylic acids is 1. The minimum Gasteiger partial charge on any atom is -0.496 e. The SMILES string of the molecule is COc1cc2c(cc1Br)CCNC2=O. The van der Waals surface area contributed by atoms with Crippen molar-refractivity contribution >= 4 is 21.8 Å². The van der Waals surface area contributed by atoms with Crippen molar-refractivity contribution in [3.05, 3.63) is 27.7 Å². The van der Waals surface area contributed by atoms with Crippen molar-refractivity contribution in [1.82, 2.24) is 5.32 Å². The van der Waals surface area contributed by atoms with E-state index in [1.54, 1.807) is 13.2 Å². The van der Waals surface area contributed by atoms with Gasteiger partial charge >= 0.3 is 0 Å². The molecule has 3 nitrogen and oxygen atoms in total. The number of carbonyl (C=O) groups is 1. The summed E-state index contributed by atoms with van der Waals surface area (Å²) in [7, 11) is 1.59. The number of hydrogen-bond donors (Lipinski definition) is 1. The van der Waals surface area contributed by atoms with Gasteiger partial charge in [-0.25, -0.2) is 0 Å². The molecular formula is C10H10BrNO2. The molecule has 1 aromatic carbocycles. The molecule has 14 heavy (non-hydrogen) atoms. The van der Waals surface area contributed by atoms with Gasteiger partial charge in [-0.3, -0.25) is 4.79 Å². The molecule has 0 radical (unpaired) electrons. The first kappa shape index (κ1) is 9.52. The first-order valence-electron chi connectivity index (χ1n) is 4.37. The van der Waals surface area contributed by atoms with Crippen LogP contribution in [0.4, 0.5) is 0 Å². The Kier molecular flexibility index (Phi) is 2.46. The highest BCUT2D eigenvalue weighted by atomic mass is 79.9. The van der Waals surface area contributed by atoms with Crippen LogP contribution < -0.4 is 10.1 Å². The topological polar surface area (TPSA) is 38.3 Å². The maximum Gasteiger partial charge on any atom is 0.251 e. The quantitative estimate of drug-likeness (QED) is 0.831. The molecule has 0 aliphatic carbocycles. The van der Waals surface area contributed by atoms with Crippen LogP contribution in [0.3, 0.4) is 0 Å². The fourth-order valence-corrected chi connectivity index (χ4v) is 2.13. The highest BCUT2D eigenvalue weighted by Gasteiger charge is 2.18. The van der Waals surface area contributed by atoms with Gasteiger partial charge in [0.25, 0.3) is 5.91 Å². The van der Waals surface area contributed by atoms with E-state index < -0.39 is 0 Å². The molecular weight excluding hydrogens is 246 g/mol. The van der Waals surface area contributed by atoms with Crippen molar-refractivity contribution in [3.63, 3.8) is 0 Å². The smallest absolute Gasteiger partial charge is 0.251 e. The van der Waals surface area contributed by atoms with Crippen molar-refractivity contribution in [2.45, 2.75) is 6.42 Å². The van der Waals surface area contributed by atoms with Gasteiger partial charge in [0.2, 0.25) is 0 Å². The van der Waals surface area contributed by atoms with E-state index in [9.17, 15) is 4.79 Å². The first-order chi connectivity index (χ1) is 6.72. The molecule has 2 rings (SSSR count). The summed E-state index contributed by atoms with van der Waals surface area (Å²) < 4.78 is 6.03.